The maximum Gasteiger partial charge on any atom is 0.226 e. The zero-order valence-electron chi connectivity index (χ0n) is 14.7. The summed E-state index contributed by atoms with van der Waals surface area (Å²) in [5, 5.41) is 9.77. The molecule has 0 radical (unpaired) electrons. The van der Waals surface area contributed by atoms with Crippen LogP contribution in [0.25, 0.3) is 0 Å². The van der Waals surface area contributed by atoms with E-state index < -0.39 is 0 Å². The highest BCUT2D eigenvalue weighted by atomic mass is 32.1. The van der Waals surface area contributed by atoms with Gasteiger partial charge < -0.3 is 10.1 Å². The summed E-state index contributed by atoms with van der Waals surface area (Å²) in [6, 6.07) is 11.7. The molecule has 3 heterocycles. The smallest absolute Gasteiger partial charge is 0.226 e. The van der Waals surface area contributed by atoms with Gasteiger partial charge >= 0.3 is 0 Å². The molecule has 2 aliphatic rings. The molecule has 1 aromatic carbocycles. The number of fused-ring (bicyclic) bond motifs is 2. The highest BCUT2D eigenvalue weighted by molar-refractivity contribution is 7.10. The first-order valence-corrected chi connectivity index (χ1v) is 9.71. The number of nitrogens with zero attached hydrogens (tertiary/aromatic N) is 3. The predicted octanol–water partition coefficient (Wildman–Crippen LogP) is 3.62. The molecule has 3 aromatic rings. The van der Waals surface area contributed by atoms with Crippen molar-refractivity contribution >= 4 is 23.1 Å². The number of methoxy groups -OCH3 is 1. The third-order valence-corrected chi connectivity index (χ3v) is 6.26. The molecule has 3 atom stereocenters. The molecule has 2 aromatic heterocycles. The van der Waals surface area contributed by atoms with Crippen molar-refractivity contribution in [3.8, 4) is 5.75 Å². The lowest BCUT2D eigenvalue weighted by atomic mass is 9.77. The van der Waals surface area contributed by atoms with Crippen molar-refractivity contribution in [3.63, 3.8) is 0 Å². The Labute approximate surface area is 160 Å². The first-order chi connectivity index (χ1) is 13.2. The molecule has 0 fully saturated rings. The summed E-state index contributed by atoms with van der Waals surface area (Å²) in [6.07, 6.45) is 4.22. The van der Waals surface area contributed by atoms with Crippen LogP contribution in [-0.4, -0.2) is 27.7 Å². The van der Waals surface area contributed by atoms with E-state index in [-0.39, 0.29) is 23.7 Å². The van der Waals surface area contributed by atoms with Gasteiger partial charge in [0, 0.05) is 22.9 Å². The minimum absolute atomic E-state index is 0.113. The number of hydrogen-bond acceptors (Lipinski definition) is 6. The average molecular weight is 378 g/mol. The predicted molar refractivity (Wildman–Crippen MR) is 103 cm³/mol. The lowest BCUT2D eigenvalue weighted by Gasteiger charge is -2.37. The largest absolute Gasteiger partial charge is 0.497 e. The van der Waals surface area contributed by atoms with Crippen molar-refractivity contribution in [3.05, 3.63) is 70.3 Å². The first-order valence-electron chi connectivity index (χ1n) is 8.83. The zero-order valence-corrected chi connectivity index (χ0v) is 15.5. The van der Waals surface area contributed by atoms with Gasteiger partial charge in [-0.15, -0.1) is 11.3 Å². The van der Waals surface area contributed by atoms with E-state index in [0.717, 1.165) is 17.0 Å². The Bertz CT molecular complexity index is 1010. The fraction of sp³-hybridized carbons (Fsp3) is 0.250. The Morgan fingerprint density at radius 1 is 1.26 bits per heavy atom. The second-order valence-corrected chi connectivity index (χ2v) is 7.74. The molecule has 6 nitrogen and oxygen atoms in total. The summed E-state index contributed by atoms with van der Waals surface area (Å²) in [5.41, 5.74) is 1.94. The Kier molecular flexibility index (Phi) is 3.82. The summed E-state index contributed by atoms with van der Waals surface area (Å²) < 4.78 is 7.08. The fourth-order valence-electron chi connectivity index (χ4n) is 4.00. The van der Waals surface area contributed by atoms with Crippen LogP contribution < -0.4 is 10.1 Å². The Morgan fingerprint density at radius 3 is 2.85 bits per heavy atom. The van der Waals surface area contributed by atoms with Crippen LogP contribution in [0.15, 0.2) is 59.9 Å². The van der Waals surface area contributed by atoms with Crippen molar-refractivity contribution in [2.75, 3.05) is 12.4 Å². The van der Waals surface area contributed by atoms with Gasteiger partial charge in [0.05, 0.1) is 19.1 Å². The van der Waals surface area contributed by atoms with Crippen LogP contribution in [0, 0.1) is 5.92 Å². The van der Waals surface area contributed by atoms with Crippen LogP contribution in [0.4, 0.5) is 5.95 Å². The Hall–Kier alpha value is -2.93. The molecule has 1 N–H and O–H groups in total. The van der Waals surface area contributed by atoms with Crippen molar-refractivity contribution < 1.29 is 9.53 Å². The van der Waals surface area contributed by atoms with Crippen LogP contribution in [0.5, 0.6) is 5.75 Å². The molecule has 0 amide bonds. The number of rotatable bonds is 3. The number of anilines is 1. The number of thiophene rings is 1. The van der Waals surface area contributed by atoms with E-state index in [1.807, 2.05) is 35.0 Å². The van der Waals surface area contributed by atoms with Crippen molar-refractivity contribution in [1.29, 1.82) is 0 Å². The van der Waals surface area contributed by atoms with Crippen LogP contribution in [0.2, 0.25) is 0 Å². The first kappa shape index (κ1) is 16.3. The molecule has 1 aliphatic carbocycles. The summed E-state index contributed by atoms with van der Waals surface area (Å²) in [4.78, 5) is 18.8. The van der Waals surface area contributed by atoms with Gasteiger partial charge in [-0.25, -0.2) is 4.68 Å². The number of nitrogens with one attached hydrogen (secondary N) is 1. The monoisotopic (exact) mass is 378 g/mol. The number of aromatic nitrogens is 3. The number of carbonyl (C=O) groups excluding carboxylic acids is 1. The lowest BCUT2D eigenvalue weighted by molar-refractivity contribution is -0.123. The van der Waals surface area contributed by atoms with E-state index in [1.165, 1.54) is 11.2 Å². The van der Waals surface area contributed by atoms with Gasteiger partial charge in [0.25, 0.3) is 0 Å². The third-order valence-electron chi connectivity index (χ3n) is 5.26. The van der Waals surface area contributed by atoms with E-state index in [1.54, 1.807) is 18.4 Å². The second kappa shape index (κ2) is 6.35. The highest BCUT2D eigenvalue weighted by Gasteiger charge is 2.43. The van der Waals surface area contributed by atoms with Gasteiger partial charge in [-0.05, 0) is 29.1 Å². The quantitative estimate of drug-likeness (QED) is 0.754. The highest BCUT2D eigenvalue weighted by Crippen LogP contribution is 2.44. The molecular weight excluding hydrogens is 360 g/mol. The topological polar surface area (TPSA) is 69.0 Å². The van der Waals surface area contributed by atoms with E-state index in [9.17, 15) is 4.79 Å². The Balaban J connectivity index is 1.60. The van der Waals surface area contributed by atoms with Crippen LogP contribution in [-0.2, 0) is 4.79 Å². The average Bonchev–Trinajstić information content (AvgIpc) is 3.38. The van der Waals surface area contributed by atoms with Crippen LogP contribution in [0.1, 0.15) is 28.8 Å². The van der Waals surface area contributed by atoms with Crippen molar-refractivity contribution in [2.45, 2.75) is 18.4 Å². The molecule has 0 unspecified atom stereocenters. The lowest BCUT2D eigenvalue weighted by Crippen LogP contribution is -2.40. The Morgan fingerprint density at radius 2 is 2.11 bits per heavy atom. The molecule has 7 heteroatoms. The number of benzene rings is 1. The number of hydrogen-bond donors (Lipinski definition) is 1. The zero-order chi connectivity index (χ0) is 18.4. The van der Waals surface area contributed by atoms with E-state index >= 15 is 0 Å². The van der Waals surface area contributed by atoms with Crippen LogP contribution >= 0.6 is 11.3 Å². The minimum atomic E-state index is -0.288. The van der Waals surface area contributed by atoms with E-state index in [2.05, 4.69) is 32.9 Å². The van der Waals surface area contributed by atoms with Gasteiger partial charge in [-0.3, -0.25) is 4.79 Å². The molecule has 0 bridgehead atoms. The SMILES string of the molecule is COc1ccc([C@H]2[C@@H]3C(=O)C[C@H](c4cccs4)C=C3Nc3ncnn32)cc1. The van der Waals surface area contributed by atoms with Crippen LogP contribution in [0.3, 0.4) is 0 Å². The van der Waals surface area contributed by atoms with E-state index in [4.69, 9.17) is 4.74 Å². The van der Waals surface area contributed by atoms with Crippen molar-refractivity contribution in [1.82, 2.24) is 14.8 Å². The second-order valence-electron chi connectivity index (χ2n) is 6.76. The standard InChI is InChI=1S/C20H18N4O2S/c1-26-14-6-4-12(5-7-14)19-18-15(23-20-21-11-22-24(19)20)9-13(10-16(18)25)17-3-2-8-27-17/h2-9,11,13,18-19H,10H2,1H3,(H,21,22,23)/t13-,18+,19+/m1/s1. The molecule has 27 heavy (non-hydrogen) atoms. The summed E-state index contributed by atoms with van der Waals surface area (Å²) >= 11 is 1.69. The minimum Gasteiger partial charge on any atom is -0.497 e. The number of ether oxygens (including phenoxy) is 1. The third kappa shape index (κ3) is 2.66. The normalized spacial score (nSPS) is 23.8. The van der Waals surface area contributed by atoms with E-state index in [0.29, 0.717) is 12.4 Å². The number of carbonyl (C=O) groups is 1. The molecule has 1 aliphatic heterocycles. The summed E-state index contributed by atoms with van der Waals surface area (Å²) in [5.74, 6) is 1.50. The molecule has 0 saturated heterocycles. The molecular formula is C20H18N4O2S. The van der Waals surface area contributed by atoms with Gasteiger partial charge in [-0.1, -0.05) is 24.3 Å². The van der Waals surface area contributed by atoms with Gasteiger partial charge in [-0.2, -0.15) is 10.1 Å². The van der Waals surface area contributed by atoms with Gasteiger partial charge in [0.1, 0.15) is 17.9 Å². The summed E-state index contributed by atoms with van der Waals surface area (Å²) in [6.45, 7) is 0. The van der Waals surface area contributed by atoms with Crippen molar-refractivity contribution in [2.24, 2.45) is 5.92 Å². The number of allylic oxidation sites excluding steroid dienone is 2. The summed E-state index contributed by atoms with van der Waals surface area (Å²) in [7, 11) is 1.64. The number of Topliss-reactive ketones (excluding diaryl/α,β-unsaturated/α-hetero) is 1. The maximum atomic E-state index is 13.2. The number of ketones is 1. The van der Waals surface area contributed by atoms with Gasteiger partial charge in [0.2, 0.25) is 5.95 Å². The van der Waals surface area contributed by atoms with Gasteiger partial charge in [0.15, 0.2) is 0 Å². The molecule has 0 saturated carbocycles. The molecule has 5 rings (SSSR count). The molecule has 136 valence electrons. The fourth-order valence-corrected chi connectivity index (χ4v) is 4.79. The molecule has 0 spiro atoms. The maximum absolute atomic E-state index is 13.2.